The third-order valence-electron chi connectivity index (χ3n) is 4.48. The molecule has 1 aromatic rings. The van der Waals surface area contributed by atoms with Crippen LogP contribution < -0.4 is 5.32 Å². The van der Waals surface area contributed by atoms with Crippen LogP contribution in [0.25, 0.3) is 0 Å². The molecule has 0 spiro atoms. The molecule has 0 bridgehead atoms. The first-order valence-electron chi connectivity index (χ1n) is 7.50. The van der Waals surface area contributed by atoms with Gasteiger partial charge < -0.3 is 10.2 Å². The van der Waals surface area contributed by atoms with E-state index in [1.807, 2.05) is 0 Å². The highest BCUT2D eigenvalue weighted by molar-refractivity contribution is 6.01. The minimum atomic E-state index is -0.254. The smallest absolute Gasteiger partial charge is 0.324 e. The van der Waals surface area contributed by atoms with E-state index in [0.717, 1.165) is 25.8 Å². The molecule has 1 aliphatic carbocycles. The van der Waals surface area contributed by atoms with Gasteiger partial charge in [0.1, 0.15) is 0 Å². The summed E-state index contributed by atoms with van der Waals surface area (Å²) in [5.74, 6) is -0.115. The van der Waals surface area contributed by atoms with E-state index in [-0.39, 0.29) is 18.5 Å². The molecular formula is C16H21N3O2. The van der Waals surface area contributed by atoms with Crippen molar-refractivity contribution in [3.05, 3.63) is 35.4 Å². The molecule has 1 saturated heterocycles. The lowest BCUT2D eigenvalue weighted by Gasteiger charge is -2.24. The molecule has 0 saturated carbocycles. The SMILES string of the molecule is CN(CCCN1C(=O)CNC1=O)C1Cc2ccccc2C1. The molecule has 0 radical (unpaired) electrons. The van der Waals surface area contributed by atoms with E-state index in [4.69, 9.17) is 0 Å². The van der Waals surface area contributed by atoms with Gasteiger partial charge in [0.25, 0.3) is 0 Å². The zero-order valence-electron chi connectivity index (χ0n) is 12.3. The number of rotatable bonds is 5. The fourth-order valence-electron chi connectivity index (χ4n) is 3.19. The van der Waals surface area contributed by atoms with E-state index in [0.29, 0.717) is 12.6 Å². The Hall–Kier alpha value is -1.88. The maximum atomic E-state index is 11.5. The van der Waals surface area contributed by atoms with Gasteiger partial charge in [0, 0.05) is 12.6 Å². The van der Waals surface area contributed by atoms with Gasteiger partial charge in [-0.2, -0.15) is 0 Å². The van der Waals surface area contributed by atoms with Crippen LogP contribution in [-0.2, 0) is 17.6 Å². The third-order valence-corrected chi connectivity index (χ3v) is 4.48. The zero-order chi connectivity index (χ0) is 14.8. The Balaban J connectivity index is 1.46. The summed E-state index contributed by atoms with van der Waals surface area (Å²) in [5.41, 5.74) is 2.90. The van der Waals surface area contributed by atoms with E-state index < -0.39 is 0 Å². The summed E-state index contributed by atoms with van der Waals surface area (Å²) in [6.45, 7) is 1.55. The number of imide groups is 1. The molecule has 3 rings (SSSR count). The van der Waals surface area contributed by atoms with Gasteiger partial charge in [0.2, 0.25) is 5.91 Å². The van der Waals surface area contributed by atoms with E-state index in [2.05, 4.69) is 41.5 Å². The average Bonchev–Trinajstić information content (AvgIpc) is 3.04. The summed E-state index contributed by atoms with van der Waals surface area (Å²) in [7, 11) is 2.13. The average molecular weight is 287 g/mol. The van der Waals surface area contributed by atoms with Gasteiger partial charge in [-0.3, -0.25) is 9.69 Å². The van der Waals surface area contributed by atoms with Crippen molar-refractivity contribution < 1.29 is 9.59 Å². The number of nitrogens with one attached hydrogen (secondary N) is 1. The number of carbonyl (C=O) groups excluding carboxylic acids is 2. The number of fused-ring (bicyclic) bond motifs is 1. The third kappa shape index (κ3) is 2.93. The molecule has 0 atom stereocenters. The first-order valence-corrected chi connectivity index (χ1v) is 7.50. The van der Waals surface area contributed by atoms with Gasteiger partial charge in [-0.15, -0.1) is 0 Å². The van der Waals surface area contributed by atoms with E-state index in [9.17, 15) is 9.59 Å². The maximum Gasteiger partial charge on any atom is 0.324 e. The Labute approximate surface area is 124 Å². The Morgan fingerprint density at radius 2 is 1.90 bits per heavy atom. The van der Waals surface area contributed by atoms with Crippen LogP contribution in [0.4, 0.5) is 4.79 Å². The number of hydrogen-bond donors (Lipinski definition) is 1. The van der Waals surface area contributed by atoms with Crippen molar-refractivity contribution in [1.82, 2.24) is 15.1 Å². The second-order valence-corrected chi connectivity index (χ2v) is 5.87. The molecular weight excluding hydrogens is 266 g/mol. The standard InChI is InChI=1S/C16H21N3O2/c1-18(7-4-8-19-15(20)11-17-16(19)21)14-9-12-5-2-3-6-13(12)10-14/h2-3,5-6,14H,4,7-11H2,1H3,(H,17,21). The van der Waals surface area contributed by atoms with Crippen LogP contribution in [-0.4, -0.2) is 54.5 Å². The highest BCUT2D eigenvalue weighted by Gasteiger charge is 2.28. The molecule has 5 heteroatoms. The number of urea groups is 1. The number of amides is 3. The van der Waals surface area contributed by atoms with Crippen molar-refractivity contribution in [3.8, 4) is 0 Å². The van der Waals surface area contributed by atoms with E-state index in [1.165, 1.54) is 16.0 Å². The molecule has 3 amide bonds. The second-order valence-electron chi connectivity index (χ2n) is 5.87. The molecule has 1 aromatic carbocycles. The topological polar surface area (TPSA) is 52.6 Å². The summed E-state index contributed by atoms with van der Waals surface area (Å²) in [5, 5.41) is 2.55. The first kappa shape index (κ1) is 14.1. The van der Waals surface area contributed by atoms with E-state index >= 15 is 0 Å². The zero-order valence-corrected chi connectivity index (χ0v) is 12.3. The highest BCUT2D eigenvalue weighted by Crippen LogP contribution is 2.24. The minimum Gasteiger partial charge on any atom is -0.329 e. The van der Waals surface area contributed by atoms with Crippen molar-refractivity contribution in [2.75, 3.05) is 26.7 Å². The molecule has 0 unspecified atom stereocenters. The fraction of sp³-hybridized carbons (Fsp3) is 0.500. The quantitative estimate of drug-likeness (QED) is 0.823. The van der Waals surface area contributed by atoms with Gasteiger partial charge in [-0.25, -0.2) is 4.79 Å². The minimum absolute atomic E-state index is 0.115. The van der Waals surface area contributed by atoms with Crippen molar-refractivity contribution in [2.45, 2.75) is 25.3 Å². The highest BCUT2D eigenvalue weighted by atomic mass is 16.2. The monoisotopic (exact) mass is 287 g/mol. The lowest BCUT2D eigenvalue weighted by molar-refractivity contribution is -0.125. The van der Waals surface area contributed by atoms with Gasteiger partial charge in [-0.1, -0.05) is 24.3 Å². The fourth-order valence-corrected chi connectivity index (χ4v) is 3.19. The summed E-state index contributed by atoms with van der Waals surface area (Å²) >= 11 is 0. The van der Waals surface area contributed by atoms with Crippen LogP contribution in [0.3, 0.4) is 0 Å². The van der Waals surface area contributed by atoms with E-state index in [1.54, 1.807) is 0 Å². The summed E-state index contributed by atoms with van der Waals surface area (Å²) < 4.78 is 0. The van der Waals surface area contributed by atoms with Gasteiger partial charge >= 0.3 is 6.03 Å². The van der Waals surface area contributed by atoms with Crippen LogP contribution in [0, 0.1) is 0 Å². The molecule has 5 nitrogen and oxygen atoms in total. The summed E-state index contributed by atoms with van der Waals surface area (Å²) in [4.78, 5) is 26.6. The number of carbonyl (C=O) groups is 2. The molecule has 21 heavy (non-hydrogen) atoms. The first-order chi connectivity index (χ1) is 10.1. The molecule has 1 fully saturated rings. The molecule has 1 N–H and O–H groups in total. The lowest BCUT2D eigenvalue weighted by Crippen LogP contribution is -2.37. The van der Waals surface area contributed by atoms with Gasteiger partial charge in [0.15, 0.2) is 0 Å². The summed E-state index contributed by atoms with van der Waals surface area (Å²) in [6, 6.07) is 8.88. The molecule has 2 aliphatic rings. The van der Waals surface area contributed by atoms with Crippen LogP contribution in [0.5, 0.6) is 0 Å². The van der Waals surface area contributed by atoms with Crippen molar-refractivity contribution in [3.63, 3.8) is 0 Å². The normalized spacial score (nSPS) is 18.5. The van der Waals surface area contributed by atoms with Gasteiger partial charge in [-0.05, 0) is 44.0 Å². The van der Waals surface area contributed by atoms with Crippen LogP contribution in [0.1, 0.15) is 17.5 Å². The maximum absolute atomic E-state index is 11.5. The number of nitrogens with zero attached hydrogens (tertiary/aromatic N) is 2. The number of benzene rings is 1. The van der Waals surface area contributed by atoms with Crippen molar-refractivity contribution in [2.24, 2.45) is 0 Å². The van der Waals surface area contributed by atoms with Crippen LogP contribution in [0.2, 0.25) is 0 Å². The lowest BCUT2D eigenvalue weighted by atomic mass is 10.1. The number of hydrogen-bond acceptors (Lipinski definition) is 3. The number of likely N-dealkylation sites (N-methyl/N-ethyl adjacent to an activating group) is 1. The molecule has 1 aliphatic heterocycles. The Bertz CT molecular complexity index is 517. The molecule has 112 valence electrons. The predicted octanol–water partition coefficient (Wildman–Crippen LogP) is 1.03. The van der Waals surface area contributed by atoms with Crippen LogP contribution >= 0.6 is 0 Å². The summed E-state index contributed by atoms with van der Waals surface area (Å²) in [6.07, 6.45) is 3.01. The largest absolute Gasteiger partial charge is 0.329 e. The Morgan fingerprint density at radius 1 is 1.24 bits per heavy atom. The Kier molecular flexibility index (Phi) is 3.92. The molecule has 0 aromatic heterocycles. The van der Waals surface area contributed by atoms with Crippen molar-refractivity contribution in [1.29, 1.82) is 0 Å². The predicted molar refractivity (Wildman–Crippen MR) is 80.0 cm³/mol. The second kappa shape index (κ2) is 5.85. The van der Waals surface area contributed by atoms with Crippen molar-refractivity contribution >= 4 is 11.9 Å². The Morgan fingerprint density at radius 3 is 2.48 bits per heavy atom. The molecule has 1 heterocycles. The van der Waals surface area contributed by atoms with Gasteiger partial charge in [0.05, 0.1) is 6.54 Å². The van der Waals surface area contributed by atoms with Crippen LogP contribution in [0.15, 0.2) is 24.3 Å².